The fraction of sp³-hybridized carbons (Fsp3) is 0.692. The van der Waals surface area contributed by atoms with E-state index in [2.05, 4.69) is 37.0 Å². The minimum Gasteiger partial charge on any atom is -0.462 e. The summed E-state index contributed by atoms with van der Waals surface area (Å²) in [5, 5.41) is 0. The second kappa shape index (κ2) is 6.18. The fourth-order valence-electron chi connectivity index (χ4n) is 8.51. The Morgan fingerprint density at radius 3 is 2.87 bits per heavy atom. The number of epoxide rings is 1. The van der Waals surface area contributed by atoms with Crippen molar-refractivity contribution in [2.75, 3.05) is 0 Å². The number of rotatable bonds is 2. The van der Waals surface area contributed by atoms with Crippen LogP contribution in [0, 0.1) is 28.6 Å². The van der Waals surface area contributed by atoms with Gasteiger partial charge in [-0.3, -0.25) is 9.78 Å². The van der Waals surface area contributed by atoms with E-state index in [1.807, 2.05) is 12.4 Å². The molecule has 1 aliphatic heterocycles. The van der Waals surface area contributed by atoms with Gasteiger partial charge in [0.2, 0.25) is 0 Å². The number of carbonyl (C=O) groups is 1. The Labute approximate surface area is 179 Å². The molecule has 1 aromatic rings. The van der Waals surface area contributed by atoms with Crippen LogP contribution in [-0.4, -0.2) is 28.8 Å². The van der Waals surface area contributed by atoms with E-state index in [0.29, 0.717) is 17.9 Å². The van der Waals surface area contributed by atoms with Crippen LogP contribution in [0.3, 0.4) is 0 Å². The van der Waals surface area contributed by atoms with Crippen molar-refractivity contribution in [3.63, 3.8) is 0 Å². The summed E-state index contributed by atoms with van der Waals surface area (Å²) in [5.74, 6) is 2.00. The summed E-state index contributed by atoms with van der Waals surface area (Å²) < 4.78 is 12.2. The molecule has 1 spiro atoms. The standard InChI is InChI=1S/C26H33NO3/c1-16(28)29-18-8-11-25(3)22-9-10-24(2)20(17-5-4-12-27-15-17)6-7-21(24)19(22)13-23-26(25,14-18)30-23/h4-6,12,15,18-19,21-23H,7-11,13-14H2,1-3H3/t18-,19?,21?,22?,23+,24+,25+,26+/m0/s1. The molecule has 5 aliphatic rings. The van der Waals surface area contributed by atoms with E-state index >= 15 is 0 Å². The predicted octanol–water partition coefficient (Wildman–Crippen LogP) is 5.18. The van der Waals surface area contributed by atoms with E-state index in [-0.39, 0.29) is 28.5 Å². The molecule has 1 saturated heterocycles. The van der Waals surface area contributed by atoms with Crippen LogP contribution in [-0.2, 0) is 14.3 Å². The summed E-state index contributed by atoms with van der Waals surface area (Å²) in [7, 11) is 0. The first-order valence-corrected chi connectivity index (χ1v) is 11.8. The third-order valence-corrected chi connectivity index (χ3v) is 9.93. The first-order chi connectivity index (χ1) is 14.4. The van der Waals surface area contributed by atoms with Gasteiger partial charge in [-0.1, -0.05) is 26.0 Å². The number of aromatic nitrogens is 1. The van der Waals surface area contributed by atoms with Gasteiger partial charge >= 0.3 is 5.97 Å². The normalized spacial score (nSPS) is 48.5. The number of hydrogen-bond donors (Lipinski definition) is 0. The largest absolute Gasteiger partial charge is 0.462 e. The number of ether oxygens (including phenoxy) is 2. The zero-order chi connectivity index (χ0) is 20.7. The molecule has 4 aliphatic carbocycles. The Morgan fingerprint density at radius 1 is 1.23 bits per heavy atom. The SMILES string of the molecule is CC(=O)O[C@H]1CC[C@]2(C)C3CC[C@]4(C)C(c5cccnc5)=CCC4C3C[C@H]3O[C@]32C1. The number of nitrogens with zero attached hydrogens (tertiary/aromatic N) is 1. The number of carbonyl (C=O) groups excluding carboxylic acids is 1. The van der Waals surface area contributed by atoms with Gasteiger partial charge in [-0.05, 0) is 78.9 Å². The summed E-state index contributed by atoms with van der Waals surface area (Å²) in [4.78, 5) is 15.9. The zero-order valence-corrected chi connectivity index (χ0v) is 18.4. The Bertz CT molecular complexity index is 912. The van der Waals surface area contributed by atoms with E-state index in [1.54, 1.807) is 0 Å². The molecule has 0 aromatic carbocycles. The Morgan fingerprint density at radius 2 is 2.10 bits per heavy atom. The van der Waals surface area contributed by atoms with Crippen LogP contribution in [0.15, 0.2) is 30.6 Å². The molecular formula is C26H33NO3. The van der Waals surface area contributed by atoms with Gasteiger partial charge in [0, 0.05) is 31.2 Å². The van der Waals surface area contributed by atoms with Crippen molar-refractivity contribution in [2.45, 2.75) is 83.5 Å². The van der Waals surface area contributed by atoms with Crippen molar-refractivity contribution < 1.29 is 14.3 Å². The van der Waals surface area contributed by atoms with Crippen molar-refractivity contribution in [1.82, 2.24) is 4.98 Å². The summed E-state index contributed by atoms with van der Waals surface area (Å²) in [6.45, 7) is 6.54. The van der Waals surface area contributed by atoms with E-state index in [0.717, 1.165) is 25.2 Å². The molecule has 3 saturated carbocycles. The van der Waals surface area contributed by atoms with Gasteiger partial charge in [-0.15, -0.1) is 0 Å². The third kappa shape index (κ3) is 2.37. The topological polar surface area (TPSA) is 51.7 Å². The molecular weight excluding hydrogens is 374 g/mol. The minimum absolute atomic E-state index is 0.0383. The summed E-state index contributed by atoms with van der Waals surface area (Å²) >= 11 is 0. The average Bonchev–Trinajstić information content (AvgIpc) is 3.29. The molecule has 4 fully saturated rings. The predicted molar refractivity (Wildman–Crippen MR) is 114 cm³/mol. The van der Waals surface area contributed by atoms with Crippen molar-refractivity contribution in [3.05, 3.63) is 36.2 Å². The molecule has 4 heteroatoms. The van der Waals surface area contributed by atoms with Gasteiger partial charge in [0.25, 0.3) is 0 Å². The van der Waals surface area contributed by atoms with E-state index in [4.69, 9.17) is 9.47 Å². The summed E-state index contributed by atoms with van der Waals surface area (Å²) in [6.07, 6.45) is 14.7. The maximum absolute atomic E-state index is 11.5. The maximum atomic E-state index is 11.5. The lowest BCUT2D eigenvalue weighted by atomic mass is 9.44. The van der Waals surface area contributed by atoms with E-state index < -0.39 is 0 Å². The Hall–Kier alpha value is -1.68. The second-order valence-corrected chi connectivity index (χ2v) is 11.1. The average molecular weight is 408 g/mol. The number of hydrogen-bond acceptors (Lipinski definition) is 4. The van der Waals surface area contributed by atoms with Crippen LogP contribution in [0.4, 0.5) is 0 Å². The second-order valence-electron chi connectivity index (χ2n) is 11.1. The fourth-order valence-corrected chi connectivity index (χ4v) is 8.51. The van der Waals surface area contributed by atoms with Gasteiger partial charge < -0.3 is 9.47 Å². The molecule has 8 atom stereocenters. The molecule has 2 heterocycles. The van der Waals surface area contributed by atoms with Crippen LogP contribution in [0.1, 0.15) is 71.3 Å². The highest BCUT2D eigenvalue weighted by molar-refractivity contribution is 5.72. The van der Waals surface area contributed by atoms with Crippen LogP contribution in [0.5, 0.6) is 0 Å². The van der Waals surface area contributed by atoms with Crippen LogP contribution >= 0.6 is 0 Å². The summed E-state index contributed by atoms with van der Waals surface area (Å²) in [6, 6.07) is 4.29. The number of pyridine rings is 1. The number of esters is 1. The molecule has 4 nitrogen and oxygen atoms in total. The molecule has 0 radical (unpaired) electrons. The highest BCUT2D eigenvalue weighted by Gasteiger charge is 2.76. The molecule has 0 amide bonds. The zero-order valence-electron chi connectivity index (χ0n) is 18.4. The third-order valence-electron chi connectivity index (χ3n) is 9.93. The summed E-state index contributed by atoms with van der Waals surface area (Å²) in [5.41, 5.74) is 3.26. The maximum Gasteiger partial charge on any atom is 0.302 e. The van der Waals surface area contributed by atoms with E-state index in [1.165, 1.54) is 43.7 Å². The smallest absolute Gasteiger partial charge is 0.302 e. The number of fused-ring (bicyclic) bond motifs is 4. The Kier molecular flexibility index (Phi) is 3.92. The van der Waals surface area contributed by atoms with Crippen LogP contribution < -0.4 is 0 Å². The van der Waals surface area contributed by atoms with Gasteiger partial charge in [0.05, 0.1) is 6.10 Å². The molecule has 3 unspecified atom stereocenters. The van der Waals surface area contributed by atoms with Crippen molar-refractivity contribution in [2.24, 2.45) is 28.6 Å². The molecule has 6 rings (SSSR count). The van der Waals surface area contributed by atoms with Gasteiger partial charge in [-0.25, -0.2) is 0 Å². The first kappa shape index (κ1) is 19.0. The van der Waals surface area contributed by atoms with Gasteiger partial charge in [0.15, 0.2) is 0 Å². The number of allylic oxidation sites excluding steroid dienone is 2. The Balaban J connectivity index is 1.28. The highest BCUT2D eigenvalue weighted by atomic mass is 16.6. The molecule has 1 aromatic heterocycles. The first-order valence-electron chi connectivity index (χ1n) is 11.8. The van der Waals surface area contributed by atoms with Crippen molar-refractivity contribution in [1.29, 1.82) is 0 Å². The van der Waals surface area contributed by atoms with Gasteiger partial charge in [0.1, 0.15) is 11.7 Å². The molecule has 160 valence electrons. The quantitative estimate of drug-likeness (QED) is 0.501. The molecule has 30 heavy (non-hydrogen) atoms. The lowest BCUT2D eigenvalue weighted by Gasteiger charge is -2.59. The highest BCUT2D eigenvalue weighted by Crippen LogP contribution is 2.74. The van der Waals surface area contributed by atoms with Crippen LogP contribution in [0.2, 0.25) is 0 Å². The van der Waals surface area contributed by atoms with Crippen molar-refractivity contribution >= 4 is 11.5 Å². The van der Waals surface area contributed by atoms with E-state index in [9.17, 15) is 4.79 Å². The minimum atomic E-state index is -0.153. The lowest BCUT2D eigenvalue weighted by molar-refractivity contribution is -0.156. The monoisotopic (exact) mass is 407 g/mol. The molecule has 0 bridgehead atoms. The lowest BCUT2D eigenvalue weighted by Crippen LogP contribution is -2.58. The van der Waals surface area contributed by atoms with Crippen LogP contribution in [0.25, 0.3) is 5.57 Å². The van der Waals surface area contributed by atoms with Crippen molar-refractivity contribution in [3.8, 4) is 0 Å². The molecule has 0 N–H and O–H groups in total. The van der Waals surface area contributed by atoms with Gasteiger partial charge in [-0.2, -0.15) is 0 Å².